The molecule has 1 heterocycles. The van der Waals surface area contributed by atoms with Crippen LogP contribution in [0.15, 0.2) is 40.1 Å². The molecule has 0 radical (unpaired) electrons. The summed E-state index contributed by atoms with van der Waals surface area (Å²) in [6, 6.07) is 6.38. The average molecular weight is 272 g/mol. The van der Waals surface area contributed by atoms with Crippen LogP contribution in [0.2, 0.25) is 0 Å². The first-order chi connectivity index (χ1) is 7.81. The topological polar surface area (TPSA) is 68.3 Å². The van der Waals surface area contributed by atoms with E-state index in [0.717, 1.165) is 5.56 Å². The SMILES string of the molecule is Cc1ccc(S(=O)(=O)C2=CCS(=O)(=O)C2)cc1. The Morgan fingerprint density at radius 2 is 1.71 bits per heavy atom. The van der Waals surface area contributed by atoms with Crippen molar-refractivity contribution in [1.29, 1.82) is 0 Å². The van der Waals surface area contributed by atoms with Gasteiger partial charge in [0.25, 0.3) is 0 Å². The lowest BCUT2D eigenvalue weighted by molar-refractivity contribution is 0.596. The number of rotatable bonds is 2. The Kier molecular flexibility index (Phi) is 2.87. The molecule has 4 nitrogen and oxygen atoms in total. The molecule has 92 valence electrons. The normalized spacial score (nSPS) is 19.0. The van der Waals surface area contributed by atoms with Crippen LogP contribution in [0.4, 0.5) is 0 Å². The Bertz CT molecular complexity index is 665. The van der Waals surface area contributed by atoms with Gasteiger partial charge in [-0.05, 0) is 19.1 Å². The molecular formula is C11H12O4S2. The van der Waals surface area contributed by atoms with E-state index >= 15 is 0 Å². The van der Waals surface area contributed by atoms with E-state index in [1.807, 2.05) is 6.92 Å². The van der Waals surface area contributed by atoms with Crippen LogP contribution in [0.1, 0.15) is 5.56 Å². The standard InChI is InChI=1S/C11H12O4S2/c1-9-2-4-10(5-3-9)17(14,15)11-6-7-16(12,13)8-11/h2-6H,7-8H2,1H3. The first-order valence-electron chi connectivity index (χ1n) is 5.02. The third kappa shape index (κ3) is 2.42. The van der Waals surface area contributed by atoms with Crippen LogP contribution in [0.25, 0.3) is 0 Å². The van der Waals surface area contributed by atoms with Crippen LogP contribution in [0.5, 0.6) is 0 Å². The molecule has 2 rings (SSSR count). The number of aryl methyl sites for hydroxylation is 1. The lowest BCUT2D eigenvalue weighted by atomic mass is 10.2. The highest BCUT2D eigenvalue weighted by atomic mass is 32.2. The molecule has 1 aromatic carbocycles. The molecule has 1 aliphatic rings. The maximum Gasteiger partial charge on any atom is 0.203 e. The van der Waals surface area contributed by atoms with Crippen molar-refractivity contribution in [2.45, 2.75) is 11.8 Å². The minimum atomic E-state index is -3.64. The maximum atomic E-state index is 12.1. The van der Waals surface area contributed by atoms with Crippen molar-refractivity contribution < 1.29 is 16.8 Å². The monoisotopic (exact) mass is 272 g/mol. The summed E-state index contributed by atoms with van der Waals surface area (Å²) in [6.45, 7) is 1.86. The molecule has 0 N–H and O–H groups in total. The van der Waals surface area contributed by atoms with Crippen molar-refractivity contribution in [2.75, 3.05) is 11.5 Å². The van der Waals surface area contributed by atoms with Crippen LogP contribution < -0.4 is 0 Å². The summed E-state index contributed by atoms with van der Waals surface area (Å²) in [5.41, 5.74) is 0.956. The summed E-state index contributed by atoms with van der Waals surface area (Å²) in [6.07, 6.45) is 1.28. The summed E-state index contributed by atoms with van der Waals surface area (Å²) in [7, 11) is -6.91. The molecule has 0 amide bonds. The fourth-order valence-electron chi connectivity index (χ4n) is 1.61. The molecule has 0 saturated heterocycles. The smallest absolute Gasteiger partial charge is 0.203 e. The van der Waals surface area contributed by atoms with Crippen molar-refractivity contribution in [1.82, 2.24) is 0 Å². The summed E-state index contributed by atoms with van der Waals surface area (Å²) in [5, 5.41) is 0. The van der Waals surface area contributed by atoms with Crippen LogP contribution in [0, 0.1) is 6.92 Å². The number of sulfone groups is 2. The maximum absolute atomic E-state index is 12.1. The van der Waals surface area contributed by atoms with Crippen molar-refractivity contribution in [3.8, 4) is 0 Å². The van der Waals surface area contributed by atoms with Gasteiger partial charge in [0.2, 0.25) is 9.84 Å². The minimum Gasteiger partial charge on any atom is -0.228 e. The summed E-state index contributed by atoms with van der Waals surface area (Å²) in [4.78, 5) is 0.132. The van der Waals surface area contributed by atoms with Crippen molar-refractivity contribution in [3.63, 3.8) is 0 Å². The van der Waals surface area contributed by atoms with Gasteiger partial charge in [0.15, 0.2) is 9.84 Å². The van der Waals surface area contributed by atoms with Crippen molar-refractivity contribution >= 4 is 19.7 Å². The molecule has 1 aromatic rings. The zero-order valence-electron chi connectivity index (χ0n) is 9.25. The Labute approximate surface area is 101 Å². The van der Waals surface area contributed by atoms with Gasteiger partial charge in [-0.3, -0.25) is 0 Å². The molecule has 6 heteroatoms. The molecule has 0 aliphatic carbocycles. The van der Waals surface area contributed by atoms with Gasteiger partial charge in [0, 0.05) is 0 Å². The van der Waals surface area contributed by atoms with Crippen LogP contribution >= 0.6 is 0 Å². The quantitative estimate of drug-likeness (QED) is 0.808. The average Bonchev–Trinajstić information content (AvgIpc) is 2.60. The van der Waals surface area contributed by atoms with Gasteiger partial charge in [-0.25, -0.2) is 16.8 Å². The largest absolute Gasteiger partial charge is 0.228 e. The van der Waals surface area contributed by atoms with E-state index in [4.69, 9.17) is 0 Å². The lowest BCUT2D eigenvalue weighted by Crippen LogP contribution is -2.10. The van der Waals surface area contributed by atoms with E-state index in [2.05, 4.69) is 0 Å². The molecule has 1 aliphatic heterocycles. The lowest BCUT2D eigenvalue weighted by Gasteiger charge is -2.04. The van der Waals surface area contributed by atoms with Gasteiger partial charge in [0.1, 0.15) is 0 Å². The van der Waals surface area contributed by atoms with Crippen molar-refractivity contribution in [2.24, 2.45) is 0 Å². The van der Waals surface area contributed by atoms with E-state index in [9.17, 15) is 16.8 Å². The third-order valence-corrected chi connectivity index (χ3v) is 6.11. The fraction of sp³-hybridized carbons (Fsp3) is 0.273. The van der Waals surface area contributed by atoms with Crippen LogP contribution in [-0.2, 0) is 19.7 Å². The highest BCUT2D eigenvalue weighted by Gasteiger charge is 2.30. The number of benzene rings is 1. The van der Waals surface area contributed by atoms with Crippen molar-refractivity contribution in [3.05, 3.63) is 40.8 Å². The van der Waals surface area contributed by atoms with E-state index in [0.29, 0.717) is 0 Å². The molecule has 17 heavy (non-hydrogen) atoms. The third-order valence-electron chi connectivity index (χ3n) is 2.60. The molecule has 0 spiro atoms. The molecular weight excluding hydrogens is 260 g/mol. The molecule has 0 fully saturated rings. The van der Waals surface area contributed by atoms with Crippen LogP contribution in [0.3, 0.4) is 0 Å². The molecule has 0 unspecified atom stereocenters. The van der Waals surface area contributed by atoms with Gasteiger partial charge in [-0.15, -0.1) is 0 Å². The number of hydrogen-bond donors (Lipinski definition) is 0. The second-order valence-electron chi connectivity index (χ2n) is 4.04. The number of hydrogen-bond acceptors (Lipinski definition) is 4. The predicted octanol–water partition coefficient (Wildman–Crippen LogP) is 1.08. The zero-order valence-corrected chi connectivity index (χ0v) is 10.9. The van der Waals surface area contributed by atoms with Gasteiger partial charge in [-0.2, -0.15) is 0 Å². The summed E-state index contributed by atoms with van der Waals surface area (Å²) >= 11 is 0. The highest BCUT2D eigenvalue weighted by Crippen LogP contribution is 2.24. The van der Waals surface area contributed by atoms with Crippen LogP contribution in [-0.4, -0.2) is 28.3 Å². The van der Waals surface area contributed by atoms with Gasteiger partial charge < -0.3 is 0 Å². The first kappa shape index (κ1) is 12.3. The predicted molar refractivity (Wildman–Crippen MR) is 65.1 cm³/mol. The summed E-state index contributed by atoms with van der Waals surface area (Å²) < 4.78 is 46.7. The molecule has 0 bridgehead atoms. The summed E-state index contributed by atoms with van der Waals surface area (Å²) in [5.74, 6) is -0.573. The Morgan fingerprint density at radius 1 is 1.12 bits per heavy atom. The zero-order chi connectivity index (χ0) is 12.7. The molecule has 0 saturated carbocycles. The van der Waals surface area contributed by atoms with E-state index < -0.39 is 19.7 Å². The van der Waals surface area contributed by atoms with E-state index in [1.54, 1.807) is 12.1 Å². The molecule has 0 atom stereocenters. The highest BCUT2D eigenvalue weighted by molar-refractivity contribution is 7.98. The molecule has 0 aromatic heterocycles. The van der Waals surface area contributed by atoms with Gasteiger partial charge >= 0.3 is 0 Å². The fourth-order valence-corrected chi connectivity index (χ4v) is 5.10. The Balaban J connectivity index is 2.42. The van der Waals surface area contributed by atoms with E-state index in [-0.39, 0.29) is 21.3 Å². The van der Waals surface area contributed by atoms with Gasteiger partial charge in [-0.1, -0.05) is 23.8 Å². The van der Waals surface area contributed by atoms with E-state index in [1.165, 1.54) is 18.2 Å². The Hall–Kier alpha value is -1.14. The first-order valence-corrected chi connectivity index (χ1v) is 8.33. The Morgan fingerprint density at radius 3 is 2.18 bits per heavy atom. The minimum absolute atomic E-state index is 0.0126. The second-order valence-corrected chi connectivity index (χ2v) is 8.15. The van der Waals surface area contributed by atoms with Gasteiger partial charge in [0.05, 0.1) is 21.3 Å². The second kappa shape index (κ2) is 3.96.